The van der Waals surface area contributed by atoms with Gasteiger partial charge < -0.3 is 18.3 Å². The monoisotopic (exact) mass is 210 g/mol. The van der Waals surface area contributed by atoms with E-state index in [9.17, 15) is 0 Å². The average Bonchev–Trinajstić information content (AvgIpc) is 2.43. The summed E-state index contributed by atoms with van der Waals surface area (Å²) in [5.74, 6) is 0. The Kier molecular flexibility index (Phi) is 27.6. The van der Waals surface area contributed by atoms with Crippen LogP contribution in [0.25, 0.3) is 0 Å². The van der Waals surface area contributed by atoms with Crippen LogP contribution in [0.4, 0.5) is 0 Å². The Morgan fingerprint density at radius 3 is 2.18 bits per heavy atom. The van der Waals surface area contributed by atoms with Gasteiger partial charge >= 0.3 is 17.1 Å². The first kappa shape index (κ1) is 17.8. The molecule has 0 aromatic carbocycles. The van der Waals surface area contributed by atoms with E-state index in [2.05, 4.69) is 19.2 Å². The van der Waals surface area contributed by atoms with Crippen molar-refractivity contribution in [2.24, 2.45) is 0 Å². The van der Waals surface area contributed by atoms with Crippen LogP contribution in [0.5, 0.6) is 0 Å². The third-order valence-electron chi connectivity index (χ3n) is 0.732. The van der Waals surface area contributed by atoms with Gasteiger partial charge in [-0.25, -0.2) is 6.07 Å². The molecular weight excluding hydrogens is 199 g/mol. The number of hydrogen-bond donors (Lipinski definition) is 0. The van der Waals surface area contributed by atoms with Gasteiger partial charge in [0.25, 0.3) is 0 Å². The largest absolute Gasteiger partial charge is 2.00 e. The zero-order chi connectivity index (χ0) is 6.95. The van der Waals surface area contributed by atoms with Crippen molar-refractivity contribution in [3.63, 3.8) is 0 Å². The van der Waals surface area contributed by atoms with E-state index in [-0.39, 0.29) is 35.9 Å². The zero-order valence-electron chi connectivity index (χ0n) is 7.06. The molecule has 2 radical (unpaired) electrons. The van der Waals surface area contributed by atoms with E-state index in [1.807, 2.05) is 17.5 Å². The van der Waals surface area contributed by atoms with E-state index < -0.39 is 0 Å². The third-order valence-corrected chi connectivity index (χ3v) is 1.30. The van der Waals surface area contributed by atoms with Crippen molar-refractivity contribution in [1.29, 1.82) is 0 Å². The number of thiophene rings is 1. The molecule has 1 heterocycles. The molecule has 0 saturated carbocycles. The fourth-order valence-electron chi connectivity index (χ4n) is 0.196. The van der Waals surface area contributed by atoms with Crippen LogP contribution in [0.2, 0.25) is 0 Å². The van der Waals surface area contributed by atoms with Gasteiger partial charge in [0.15, 0.2) is 0 Å². The van der Waals surface area contributed by atoms with Crippen LogP contribution in [0.3, 0.4) is 0 Å². The second kappa shape index (κ2) is 17.1. The second-order valence-corrected chi connectivity index (χ2v) is 2.33. The first-order valence-electron chi connectivity index (χ1n) is 3.10. The summed E-state index contributed by atoms with van der Waals surface area (Å²) in [6.45, 7) is 5.72. The van der Waals surface area contributed by atoms with Crippen LogP contribution in [0.15, 0.2) is 17.5 Å². The summed E-state index contributed by atoms with van der Waals surface area (Å²) < 4.78 is 0. The summed E-state index contributed by atoms with van der Waals surface area (Å²) in [4.78, 5) is 0. The molecule has 0 N–H and O–H groups in total. The molecule has 62 valence electrons. The van der Waals surface area contributed by atoms with Gasteiger partial charge in [-0.3, -0.25) is 0 Å². The number of unbranched alkanes of at least 4 members (excludes halogenated alkanes) is 1. The molecule has 0 spiro atoms. The molecule has 0 fully saturated rings. The van der Waals surface area contributed by atoms with Crippen LogP contribution in [-0.4, -0.2) is 18.9 Å². The van der Waals surface area contributed by atoms with Gasteiger partial charge in [-0.05, 0) is 0 Å². The SMILES string of the molecule is [CH2-]CCC.[Cu+2].[Li].[c-]1cccs1. The maximum atomic E-state index is 3.60. The summed E-state index contributed by atoms with van der Waals surface area (Å²) in [7, 11) is 0. The third kappa shape index (κ3) is 18.1. The van der Waals surface area contributed by atoms with Crippen molar-refractivity contribution in [2.45, 2.75) is 19.8 Å². The van der Waals surface area contributed by atoms with Gasteiger partial charge in [-0.15, -0.1) is 5.38 Å². The van der Waals surface area contributed by atoms with E-state index in [1.54, 1.807) is 11.3 Å². The van der Waals surface area contributed by atoms with Gasteiger partial charge in [0, 0.05) is 18.9 Å². The van der Waals surface area contributed by atoms with Gasteiger partial charge in [-0.2, -0.15) is 17.9 Å². The molecule has 0 unspecified atom stereocenters. The summed E-state index contributed by atoms with van der Waals surface area (Å²) in [6, 6.07) is 3.86. The minimum atomic E-state index is 0. The van der Waals surface area contributed by atoms with Crippen molar-refractivity contribution < 1.29 is 17.1 Å². The first-order valence-corrected chi connectivity index (χ1v) is 3.98. The Morgan fingerprint density at radius 1 is 1.55 bits per heavy atom. The molecule has 0 aliphatic carbocycles. The average molecular weight is 211 g/mol. The van der Waals surface area contributed by atoms with Crippen molar-refractivity contribution in [3.8, 4) is 0 Å². The molecule has 0 aliphatic heterocycles. The standard InChI is InChI=1S/C4H3S.C4H9.Cu.Li/c1-2-4-5-3-1;1-3-4-2;;/h1-3H;1,3-4H2,2H3;;/q2*-1;+2;. The summed E-state index contributed by atoms with van der Waals surface area (Å²) in [5, 5.41) is 4.89. The second-order valence-electron chi connectivity index (χ2n) is 1.58. The molecule has 0 nitrogen and oxygen atoms in total. The molecule has 0 bridgehead atoms. The van der Waals surface area contributed by atoms with Crippen LogP contribution < -0.4 is 0 Å². The minimum Gasteiger partial charge on any atom is -0.343 e. The summed E-state index contributed by atoms with van der Waals surface area (Å²) in [6.07, 6.45) is 2.28. The first-order chi connectivity index (χ1) is 4.41. The normalized spacial score (nSPS) is 6.36. The summed E-state index contributed by atoms with van der Waals surface area (Å²) in [5.41, 5.74) is 0. The van der Waals surface area contributed by atoms with E-state index in [1.165, 1.54) is 6.42 Å². The maximum absolute atomic E-state index is 3.60. The van der Waals surface area contributed by atoms with E-state index >= 15 is 0 Å². The maximum Gasteiger partial charge on any atom is 2.00 e. The smallest absolute Gasteiger partial charge is 0.343 e. The van der Waals surface area contributed by atoms with Crippen molar-refractivity contribution in [3.05, 3.63) is 29.8 Å². The van der Waals surface area contributed by atoms with E-state index in [0.717, 1.165) is 6.42 Å². The molecule has 0 amide bonds. The topological polar surface area (TPSA) is 0 Å². The molecule has 0 saturated heterocycles. The molecule has 3 heteroatoms. The fourth-order valence-corrected chi connectivity index (χ4v) is 0.589. The summed E-state index contributed by atoms with van der Waals surface area (Å²) >= 11 is 1.59. The van der Waals surface area contributed by atoms with Crippen LogP contribution in [-0.2, 0) is 17.1 Å². The van der Waals surface area contributed by atoms with Gasteiger partial charge in [0.1, 0.15) is 0 Å². The quantitative estimate of drug-likeness (QED) is 0.494. The Hall–Kier alpha value is 0.817. The molecule has 0 aliphatic rings. The predicted octanol–water partition coefficient (Wildman–Crippen LogP) is 2.79. The Labute approximate surface area is 96.4 Å². The van der Waals surface area contributed by atoms with Crippen molar-refractivity contribution >= 4 is 30.2 Å². The Morgan fingerprint density at radius 2 is 2.09 bits per heavy atom. The minimum absolute atomic E-state index is 0. The van der Waals surface area contributed by atoms with Crippen molar-refractivity contribution in [2.75, 3.05) is 0 Å². The zero-order valence-corrected chi connectivity index (χ0v) is 8.82. The van der Waals surface area contributed by atoms with Gasteiger partial charge in [0.05, 0.1) is 0 Å². The van der Waals surface area contributed by atoms with E-state index in [0.29, 0.717) is 0 Å². The van der Waals surface area contributed by atoms with Crippen LogP contribution in [0.1, 0.15) is 19.8 Å². The Balaban J connectivity index is -0.000000101. The van der Waals surface area contributed by atoms with Crippen molar-refractivity contribution in [1.82, 2.24) is 0 Å². The number of hydrogen-bond acceptors (Lipinski definition) is 1. The Bertz CT molecular complexity index is 89.6. The molecule has 1 rings (SSSR count). The predicted molar refractivity (Wildman–Crippen MR) is 49.2 cm³/mol. The molecule has 1 aromatic heterocycles. The van der Waals surface area contributed by atoms with Crippen LogP contribution >= 0.6 is 11.3 Å². The number of rotatable bonds is 1. The molecular formula is C8H12CuLiS. The van der Waals surface area contributed by atoms with E-state index in [4.69, 9.17) is 0 Å². The molecule has 11 heavy (non-hydrogen) atoms. The van der Waals surface area contributed by atoms with Crippen LogP contribution in [0, 0.1) is 12.3 Å². The molecule has 0 atom stereocenters. The fraction of sp³-hybridized carbons (Fsp3) is 0.375. The van der Waals surface area contributed by atoms with Gasteiger partial charge in [0.2, 0.25) is 0 Å². The van der Waals surface area contributed by atoms with Gasteiger partial charge in [-0.1, -0.05) is 13.3 Å². The molecule has 1 aromatic rings.